The third-order valence-electron chi connectivity index (χ3n) is 2.37. The lowest BCUT2D eigenvalue weighted by molar-refractivity contribution is 0.0601. The zero-order valence-corrected chi connectivity index (χ0v) is 10.0. The Morgan fingerprint density at radius 1 is 1.47 bits per heavy atom. The van der Waals surface area contributed by atoms with Crippen molar-refractivity contribution in [3.05, 3.63) is 33.9 Å². The highest BCUT2D eigenvalue weighted by atomic mass is 79.9. The van der Waals surface area contributed by atoms with Gasteiger partial charge in [-0.05, 0) is 40.5 Å². The van der Waals surface area contributed by atoms with Gasteiger partial charge in [0.15, 0.2) is 0 Å². The first kappa shape index (κ1) is 10.2. The molecule has 0 amide bonds. The molecule has 0 aliphatic heterocycles. The van der Waals surface area contributed by atoms with E-state index in [0.717, 1.165) is 20.9 Å². The fourth-order valence-corrected chi connectivity index (χ4v) is 2.13. The maximum atomic E-state index is 11.4. The van der Waals surface area contributed by atoms with Gasteiger partial charge in [-0.25, -0.2) is 4.79 Å². The maximum Gasteiger partial charge on any atom is 0.337 e. The molecule has 1 aromatic carbocycles. The van der Waals surface area contributed by atoms with Crippen LogP contribution < -0.4 is 0 Å². The van der Waals surface area contributed by atoms with Gasteiger partial charge in [0.2, 0.25) is 0 Å². The SMILES string of the molecule is COC(=O)c1cc(Br)c2[nH]cc(C)c2c1. The summed E-state index contributed by atoms with van der Waals surface area (Å²) in [5.74, 6) is -0.321. The first-order chi connectivity index (χ1) is 7.13. The number of H-pyrrole nitrogens is 1. The third-order valence-corrected chi connectivity index (χ3v) is 2.99. The number of nitrogens with one attached hydrogen (secondary N) is 1. The van der Waals surface area contributed by atoms with Gasteiger partial charge >= 0.3 is 5.97 Å². The molecule has 4 heteroatoms. The van der Waals surface area contributed by atoms with Crippen molar-refractivity contribution in [1.82, 2.24) is 4.98 Å². The highest BCUT2D eigenvalue weighted by Crippen LogP contribution is 2.27. The molecule has 0 saturated carbocycles. The van der Waals surface area contributed by atoms with Gasteiger partial charge < -0.3 is 9.72 Å². The van der Waals surface area contributed by atoms with E-state index in [0.29, 0.717) is 5.56 Å². The molecule has 0 aliphatic rings. The summed E-state index contributed by atoms with van der Waals surface area (Å²) in [5.41, 5.74) is 2.66. The highest BCUT2D eigenvalue weighted by molar-refractivity contribution is 9.10. The summed E-state index contributed by atoms with van der Waals surface area (Å²) in [6, 6.07) is 3.59. The number of aromatic nitrogens is 1. The topological polar surface area (TPSA) is 42.1 Å². The molecule has 2 rings (SSSR count). The lowest BCUT2D eigenvalue weighted by Gasteiger charge is -2.02. The molecular weight excluding hydrogens is 258 g/mol. The number of aromatic amines is 1. The summed E-state index contributed by atoms with van der Waals surface area (Å²) in [5, 5.41) is 1.03. The summed E-state index contributed by atoms with van der Waals surface area (Å²) in [6.07, 6.45) is 1.91. The summed E-state index contributed by atoms with van der Waals surface area (Å²) >= 11 is 3.42. The van der Waals surface area contributed by atoms with Crippen LogP contribution in [0.2, 0.25) is 0 Å². The van der Waals surface area contributed by atoms with Crippen molar-refractivity contribution in [3.8, 4) is 0 Å². The number of carbonyl (C=O) groups is 1. The van der Waals surface area contributed by atoms with Gasteiger partial charge in [-0.15, -0.1) is 0 Å². The molecule has 0 aliphatic carbocycles. The van der Waals surface area contributed by atoms with Crippen molar-refractivity contribution >= 4 is 32.8 Å². The number of hydrogen-bond donors (Lipinski definition) is 1. The quantitative estimate of drug-likeness (QED) is 0.808. The zero-order chi connectivity index (χ0) is 11.0. The average Bonchev–Trinajstić information content (AvgIpc) is 2.60. The number of hydrogen-bond acceptors (Lipinski definition) is 2. The van der Waals surface area contributed by atoms with Gasteiger partial charge in [-0.2, -0.15) is 0 Å². The molecule has 0 spiro atoms. The molecule has 0 bridgehead atoms. The molecule has 0 atom stereocenters. The standard InChI is InChI=1S/C11H10BrNO2/c1-6-5-13-10-8(6)3-7(4-9(10)12)11(14)15-2/h3-5,13H,1-2H3. The van der Waals surface area contributed by atoms with E-state index in [1.54, 1.807) is 6.07 Å². The lowest BCUT2D eigenvalue weighted by Crippen LogP contribution is -2.00. The first-order valence-corrected chi connectivity index (χ1v) is 5.28. The van der Waals surface area contributed by atoms with Crippen LogP contribution in [-0.4, -0.2) is 18.1 Å². The number of methoxy groups -OCH3 is 1. The summed E-state index contributed by atoms with van der Waals surface area (Å²) < 4.78 is 5.56. The predicted molar refractivity (Wildman–Crippen MR) is 62.1 cm³/mol. The second-order valence-corrected chi connectivity index (χ2v) is 4.20. The van der Waals surface area contributed by atoms with Crippen LogP contribution in [0.5, 0.6) is 0 Å². The lowest BCUT2D eigenvalue weighted by atomic mass is 10.1. The van der Waals surface area contributed by atoms with Crippen molar-refractivity contribution in [1.29, 1.82) is 0 Å². The van der Waals surface area contributed by atoms with Gasteiger partial charge in [-0.1, -0.05) is 0 Å². The number of ether oxygens (including phenoxy) is 1. The maximum absolute atomic E-state index is 11.4. The molecule has 15 heavy (non-hydrogen) atoms. The Morgan fingerprint density at radius 2 is 2.20 bits per heavy atom. The number of rotatable bonds is 1. The molecular formula is C11H10BrNO2. The number of halogens is 1. The molecule has 1 aromatic heterocycles. The Bertz CT molecular complexity index is 531. The van der Waals surface area contributed by atoms with Crippen LogP contribution in [-0.2, 0) is 4.74 Å². The van der Waals surface area contributed by atoms with E-state index < -0.39 is 0 Å². The Balaban J connectivity index is 2.70. The summed E-state index contributed by atoms with van der Waals surface area (Å²) in [6.45, 7) is 1.99. The van der Waals surface area contributed by atoms with Crippen molar-refractivity contribution in [2.45, 2.75) is 6.92 Å². The van der Waals surface area contributed by atoms with Gasteiger partial charge in [0.25, 0.3) is 0 Å². The van der Waals surface area contributed by atoms with E-state index in [9.17, 15) is 4.79 Å². The van der Waals surface area contributed by atoms with Crippen molar-refractivity contribution in [2.24, 2.45) is 0 Å². The summed E-state index contributed by atoms with van der Waals surface area (Å²) in [4.78, 5) is 14.5. The minimum Gasteiger partial charge on any atom is -0.465 e. The van der Waals surface area contributed by atoms with E-state index in [2.05, 4.69) is 25.7 Å². The number of esters is 1. The average molecular weight is 268 g/mol. The van der Waals surface area contributed by atoms with Gasteiger partial charge in [0.05, 0.1) is 18.2 Å². The molecule has 0 fully saturated rings. The predicted octanol–water partition coefficient (Wildman–Crippen LogP) is 3.03. The van der Waals surface area contributed by atoms with Gasteiger partial charge in [0.1, 0.15) is 0 Å². The van der Waals surface area contributed by atoms with Crippen LogP contribution in [0.4, 0.5) is 0 Å². The zero-order valence-electron chi connectivity index (χ0n) is 8.43. The van der Waals surface area contributed by atoms with Crippen LogP contribution in [0.25, 0.3) is 10.9 Å². The molecule has 78 valence electrons. The van der Waals surface area contributed by atoms with E-state index in [1.807, 2.05) is 19.2 Å². The van der Waals surface area contributed by atoms with Gasteiger partial charge in [0, 0.05) is 16.1 Å². The molecule has 0 saturated heterocycles. The second-order valence-electron chi connectivity index (χ2n) is 3.34. The van der Waals surface area contributed by atoms with Crippen LogP contribution in [0.1, 0.15) is 15.9 Å². The number of fused-ring (bicyclic) bond motifs is 1. The number of carbonyl (C=O) groups excluding carboxylic acids is 1. The van der Waals surface area contributed by atoms with Crippen LogP contribution in [0.3, 0.4) is 0 Å². The molecule has 3 nitrogen and oxygen atoms in total. The molecule has 1 N–H and O–H groups in total. The number of benzene rings is 1. The van der Waals surface area contributed by atoms with Crippen LogP contribution in [0.15, 0.2) is 22.8 Å². The monoisotopic (exact) mass is 267 g/mol. The Morgan fingerprint density at radius 3 is 2.87 bits per heavy atom. The molecule has 1 heterocycles. The third kappa shape index (κ3) is 1.65. The normalized spacial score (nSPS) is 10.6. The largest absolute Gasteiger partial charge is 0.465 e. The van der Waals surface area contributed by atoms with Crippen molar-refractivity contribution < 1.29 is 9.53 Å². The molecule has 0 radical (unpaired) electrons. The van der Waals surface area contributed by atoms with Crippen molar-refractivity contribution in [3.63, 3.8) is 0 Å². The highest BCUT2D eigenvalue weighted by Gasteiger charge is 2.11. The van der Waals surface area contributed by atoms with Gasteiger partial charge in [-0.3, -0.25) is 0 Å². The fourth-order valence-electron chi connectivity index (χ4n) is 1.56. The minimum atomic E-state index is -0.321. The Hall–Kier alpha value is -1.29. The molecule has 0 unspecified atom stereocenters. The minimum absolute atomic E-state index is 0.321. The fraction of sp³-hybridized carbons (Fsp3) is 0.182. The molecule has 2 aromatic rings. The van der Waals surface area contributed by atoms with E-state index in [4.69, 9.17) is 0 Å². The van der Waals surface area contributed by atoms with E-state index >= 15 is 0 Å². The Kier molecular flexibility index (Phi) is 2.52. The van der Waals surface area contributed by atoms with E-state index in [1.165, 1.54) is 7.11 Å². The second kappa shape index (κ2) is 3.70. The van der Waals surface area contributed by atoms with Crippen LogP contribution in [0, 0.1) is 6.92 Å². The summed E-state index contributed by atoms with van der Waals surface area (Å²) in [7, 11) is 1.38. The first-order valence-electron chi connectivity index (χ1n) is 4.49. The smallest absolute Gasteiger partial charge is 0.337 e. The van der Waals surface area contributed by atoms with Crippen molar-refractivity contribution in [2.75, 3.05) is 7.11 Å². The van der Waals surface area contributed by atoms with E-state index in [-0.39, 0.29) is 5.97 Å². The Labute approximate surface area is 95.6 Å². The number of aryl methyl sites for hydroxylation is 1. The van der Waals surface area contributed by atoms with Crippen LogP contribution >= 0.6 is 15.9 Å².